The number of allylic oxidation sites excluding steroid dienone is 1. The van der Waals surface area contributed by atoms with E-state index in [0.717, 1.165) is 28.3 Å². The van der Waals surface area contributed by atoms with Crippen LogP contribution < -0.4 is 18.9 Å². The van der Waals surface area contributed by atoms with Crippen molar-refractivity contribution in [3.05, 3.63) is 109 Å². The maximum atomic E-state index is 12.5. The Morgan fingerprint density at radius 2 is 1.42 bits per heavy atom. The van der Waals surface area contributed by atoms with Gasteiger partial charge in [0.05, 0.1) is 7.11 Å². The third kappa shape index (κ3) is 12.0. The molecule has 3 rings (SSSR count). The van der Waals surface area contributed by atoms with E-state index in [1.165, 1.54) is 13.2 Å². The fraction of sp³-hybridized carbons (Fsp3) is 0.200. The molecule has 8 heteroatoms. The first-order valence-electron chi connectivity index (χ1n) is 13.5. The first-order chi connectivity index (χ1) is 20.6. The quantitative estimate of drug-likeness (QED) is 0.101. The van der Waals surface area contributed by atoms with E-state index in [4.69, 9.17) is 23.7 Å². The van der Waals surface area contributed by atoms with Crippen LogP contribution in [-0.2, 0) is 25.6 Å². The summed E-state index contributed by atoms with van der Waals surface area (Å²) in [6.45, 7) is 17.5. The van der Waals surface area contributed by atoms with E-state index >= 15 is 0 Å². The topological polar surface area (TPSA) is 105 Å². The van der Waals surface area contributed by atoms with Gasteiger partial charge in [0, 0.05) is 18.1 Å². The van der Waals surface area contributed by atoms with Crippen molar-refractivity contribution in [2.24, 2.45) is 0 Å². The van der Waals surface area contributed by atoms with E-state index in [1.54, 1.807) is 43.3 Å². The first kappa shape index (κ1) is 35.8. The fourth-order valence-corrected chi connectivity index (χ4v) is 3.37. The van der Waals surface area contributed by atoms with Gasteiger partial charge in [0.25, 0.3) is 0 Å². The molecule has 0 amide bonds. The predicted octanol–water partition coefficient (Wildman–Crippen LogP) is 7.18. The molecule has 0 heterocycles. The van der Waals surface area contributed by atoms with E-state index in [-0.39, 0.29) is 18.1 Å². The van der Waals surface area contributed by atoms with Crippen LogP contribution in [-0.4, -0.2) is 31.3 Å². The van der Waals surface area contributed by atoms with E-state index in [1.807, 2.05) is 45.0 Å². The van der Waals surface area contributed by atoms with Gasteiger partial charge in [0.1, 0.15) is 17.8 Å². The molecule has 3 aromatic rings. The number of hydrogen-bond acceptors (Lipinski definition) is 8. The standard InChI is InChI=1S/C30H28O7.C3H4O.C2H6/c1-6-28(31)37-26-14-7-21(18-27(26)34-5)8-16-29(32)36-25-15-11-23(17-20(25)4)22-9-12-24(13-10-22)35-30(33)19(2)3;1-2-3-4;1-2/h6-7,9-15,17-18H,1-2,8,16H2,3-5H3;2-3H,1H2;1-2H3. The lowest BCUT2D eigenvalue weighted by atomic mass is 10.0. The molecule has 0 atom stereocenters. The Hall–Kier alpha value is -5.24. The molecule has 0 saturated carbocycles. The monoisotopic (exact) mass is 586 g/mol. The van der Waals surface area contributed by atoms with Crippen molar-refractivity contribution in [3.8, 4) is 34.1 Å². The van der Waals surface area contributed by atoms with Gasteiger partial charge in [0.2, 0.25) is 0 Å². The van der Waals surface area contributed by atoms with Gasteiger partial charge < -0.3 is 18.9 Å². The summed E-state index contributed by atoms with van der Waals surface area (Å²) in [5.74, 6) is 0.137. The molecule has 0 N–H and O–H groups in total. The second-order valence-corrected chi connectivity index (χ2v) is 8.63. The highest BCUT2D eigenvalue weighted by atomic mass is 16.6. The largest absolute Gasteiger partial charge is 0.493 e. The maximum absolute atomic E-state index is 12.5. The van der Waals surface area contributed by atoms with E-state index in [9.17, 15) is 14.4 Å². The highest BCUT2D eigenvalue weighted by molar-refractivity contribution is 5.88. The molecule has 0 aliphatic heterocycles. The first-order valence-corrected chi connectivity index (χ1v) is 13.5. The van der Waals surface area contributed by atoms with Gasteiger partial charge in [-0.1, -0.05) is 57.8 Å². The number of methoxy groups -OCH3 is 1. The van der Waals surface area contributed by atoms with Crippen LogP contribution in [0.25, 0.3) is 11.1 Å². The second-order valence-electron chi connectivity index (χ2n) is 8.63. The zero-order chi connectivity index (χ0) is 32.4. The normalized spacial score (nSPS) is 9.42. The van der Waals surface area contributed by atoms with Crippen LogP contribution in [0.1, 0.15) is 38.3 Å². The Morgan fingerprint density at radius 1 is 0.814 bits per heavy atom. The Morgan fingerprint density at radius 3 is 1.95 bits per heavy atom. The molecule has 0 bridgehead atoms. The second kappa shape index (κ2) is 19.0. The lowest BCUT2D eigenvalue weighted by Gasteiger charge is -2.11. The number of aldehydes is 1. The smallest absolute Gasteiger partial charge is 0.338 e. The summed E-state index contributed by atoms with van der Waals surface area (Å²) in [6, 6.07) is 17.7. The molecule has 3 aromatic carbocycles. The van der Waals surface area contributed by atoms with E-state index in [2.05, 4.69) is 19.7 Å². The van der Waals surface area contributed by atoms with E-state index in [0.29, 0.717) is 35.5 Å². The Balaban J connectivity index is 0.00000142. The molecule has 43 heavy (non-hydrogen) atoms. The molecule has 0 saturated heterocycles. The number of carbonyl (C=O) groups excluding carboxylic acids is 4. The Labute approximate surface area is 253 Å². The van der Waals surface area contributed by atoms with Crippen molar-refractivity contribution < 1.29 is 38.1 Å². The van der Waals surface area contributed by atoms with Crippen LogP contribution in [0.4, 0.5) is 0 Å². The highest BCUT2D eigenvalue weighted by Gasteiger charge is 2.13. The number of carbonyl (C=O) groups is 4. The summed E-state index contributed by atoms with van der Waals surface area (Å²) in [5.41, 5.74) is 3.82. The molecule has 0 fully saturated rings. The summed E-state index contributed by atoms with van der Waals surface area (Å²) >= 11 is 0. The zero-order valence-electron chi connectivity index (χ0n) is 25.3. The molecule has 0 unspecified atom stereocenters. The molecule has 0 radical (unpaired) electrons. The van der Waals surface area contributed by atoms with Crippen LogP contribution in [0.2, 0.25) is 0 Å². The third-order valence-electron chi connectivity index (χ3n) is 5.46. The zero-order valence-corrected chi connectivity index (χ0v) is 25.3. The van der Waals surface area contributed by atoms with Crippen molar-refractivity contribution in [1.82, 2.24) is 0 Å². The van der Waals surface area contributed by atoms with Crippen molar-refractivity contribution >= 4 is 24.2 Å². The van der Waals surface area contributed by atoms with Crippen molar-refractivity contribution in [2.45, 2.75) is 40.5 Å². The van der Waals surface area contributed by atoms with Gasteiger partial charge in [-0.05, 0) is 85.0 Å². The van der Waals surface area contributed by atoms with Crippen LogP contribution in [0.5, 0.6) is 23.0 Å². The third-order valence-corrected chi connectivity index (χ3v) is 5.46. The molecule has 0 spiro atoms. The van der Waals surface area contributed by atoms with Crippen LogP contribution in [0.3, 0.4) is 0 Å². The van der Waals surface area contributed by atoms with Gasteiger partial charge in [-0.2, -0.15) is 0 Å². The number of aryl methyl sites for hydroxylation is 2. The molecular weight excluding hydrogens is 548 g/mol. The summed E-state index contributed by atoms with van der Waals surface area (Å²) in [6.07, 6.45) is 3.48. The highest BCUT2D eigenvalue weighted by Crippen LogP contribution is 2.30. The Kier molecular flexibility index (Phi) is 15.8. The van der Waals surface area contributed by atoms with E-state index < -0.39 is 11.9 Å². The number of rotatable bonds is 11. The molecular formula is C35H38O8. The number of benzene rings is 3. The van der Waals surface area contributed by atoms with Gasteiger partial charge in [-0.15, -0.1) is 0 Å². The van der Waals surface area contributed by atoms with Crippen LogP contribution >= 0.6 is 0 Å². The lowest BCUT2D eigenvalue weighted by Crippen LogP contribution is -2.10. The molecule has 226 valence electrons. The minimum absolute atomic E-state index is 0.153. The summed E-state index contributed by atoms with van der Waals surface area (Å²) in [7, 11) is 1.47. The number of esters is 3. The lowest BCUT2D eigenvalue weighted by molar-refractivity contribution is -0.134. The molecule has 0 aliphatic carbocycles. The average molecular weight is 587 g/mol. The number of ether oxygens (including phenoxy) is 4. The Bertz CT molecular complexity index is 1430. The molecule has 0 aliphatic rings. The van der Waals surface area contributed by atoms with Crippen molar-refractivity contribution in [2.75, 3.05) is 7.11 Å². The van der Waals surface area contributed by atoms with Gasteiger partial charge in [-0.3, -0.25) is 9.59 Å². The van der Waals surface area contributed by atoms with Crippen LogP contribution in [0, 0.1) is 6.92 Å². The summed E-state index contributed by atoms with van der Waals surface area (Å²) < 4.78 is 21.2. The SMILES string of the molecule is C=CC(=O)Oc1ccc(CCC(=O)Oc2ccc(-c3ccc(OC(=O)C(=C)C)cc3)cc2C)cc1OC.C=CC=O.CC. The average Bonchev–Trinajstić information content (AvgIpc) is 3.02. The summed E-state index contributed by atoms with van der Waals surface area (Å²) in [4.78, 5) is 44.7. The van der Waals surface area contributed by atoms with Crippen molar-refractivity contribution in [1.29, 1.82) is 0 Å². The maximum Gasteiger partial charge on any atom is 0.338 e. The minimum Gasteiger partial charge on any atom is -0.493 e. The van der Waals surface area contributed by atoms with Crippen molar-refractivity contribution in [3.63, 3.8) is 0 Å². The summed E-state index contributed by atoms with van der Waals surface area (Å²) in [5, 5.41) is 0. The van der Waals surface area contributed by atoms with Gasteiger partial charge in [-0.25, -0.2) is 9.59 Å². The predicted molar refractivity (Wildman–Crippen MR) is 167 cm³/mol. The minimum atomic E-state index is -0.586. The molecule has 8 nitrogen and oxygen atoms in total. The number of hydrogen-bond donors (Lipinski definition) is 0. The van der Waals surface area contributed by atoms with Crippen LogP contribution in [0.15, 0.2) is 98.1 Å². The van der Waals surface area contributed by atoms with Gasteiger partial charge in [0.15, 0.2) is 11.5 Å². The molecule has 0 aromatic heterocycles. The fourth-order valence-electron chi connectivity index (χ4n) is 3.37. The van der Waals surface area contributed by atoms with Gasteiger partial charge >= 0.3 is 17.9 Å².